The van der Waals surface area contributed by atoms with E-state index in [4.69, 9.17) is 0 Å². The molecule has 4 bridgehead atoms. The summed E-state index contributed by atoms with van der Waals surface area (Å²) < 4.78 is 0. The summed E-state index contributed by atoms with van der Waals surface area (Å²) in [5, 5.41) is 0. The summed E-state index contributed by atoms with van der Waals surface area (Å²) >= 11 is 0. The maximum absolute atomic E-state index is 2.62. The minimum absolute atomic E-state index is 0.115. The number of anilines is 3. The van der Waals surface area contributed by atoms with Crippen LogP contribution in [0.25, 0.3) is 11.1 Å². The molecule has 0 N–H and O–H groups in total. The second-order valence-electron chi connectivity index (χ2n) is 18.5. The van der Waals surface area contributed by atoms with Gasteiger partial charge in [0.15, 0.2) is 0 Å². The Hall–Kier alpha value is -3.32. The van der Waals surface area contributed by atoms with Crippen LogP contribution in [0.15, 0.2) is 84.9 Å². The fraction of sp³-hybridized carbons (Fsp3) is 0.478. The average molecular weight is 620 g/mol. The number of hydrogen-bond donors (Lipinski definition) is 0. The fourth-order valence-electron chi connectivity index (χ4n) is 11.6. The van der Waals surface area contributed by atoms with Crippen LogP contribution in [0.2, 0.25) is 0 Å². The molecule has 0 aromatic heterocycles. The highest BCUT2D eigenvalue weighted by molar-refractivity contribution is 5.95. The monoisotopic (exact) mass is 619 g/mol. The van der Waals surface area contributed by atoms with Crippen molar-refractivity contribution in [1.82, 2.24) is 0 Å². The molecule has 1 spiro atoms. The third-order valence-corrected chi connectivity index (χ3v) is 13.9. The highest BCUT2D eigenvalue weighted by atomic mass is 15.1. The molecule has 4 aromatic rings. The van der Waals surface area contributed by atoms with Crippen LogP contribution in [0.1, 0.15) is 121 Å². The molecule has 0 radical (unpaired) electrons. The second kappa shape index (κ2) is 9.87. The van der Waals surface area contributed by atoms with E-state index in [9.17, 15) is 0 Å². The van der Waals surface area contributed by atoms with Gasteiger partial charge in [0.1, 0.15) is 0 Å². The van der Waals surface area contributed by atoms with Gasteiger partial charge >= 0.3 is 0 Å². The maximum atomic E-state index is 2.62. The molecule has 1 nitrogen and oxygen atoms in total. The van der Waals surface area contributed by atoms with Crippen LogP contribution in [-0.4, -0.2) is 0 Å². The van der Waals surface area contributed by atoms with Crippen LogP contribution < -0.4 is 4.90 Å². The van der Waals surface area contributed by atoms with Gasteiger partial charge in [0.25, 0.3) is 0 Å². The van der Waals surface area contributed by atoms with Crippen molar-refractivity contribution in [2.75, 3.05) is 4.90 Å². The van der Waals surface area contributed by atoms with Crippen molar-refractivity contribution in [2.24, 2.45) is 23.7 Å². The lowest BCUT2D eigenvalue weighted by Crippen LogP contribution is -2.55. The lowest BCUT2D eigenvalue weighted by molar-refractivity contribution is -0.0399. The van der Waals surface area contributed by atoms with Gasteiger partial charge in [0, 0.05) is 22.4 Å². The first kappa shape index (κ1) is 29.8. The van der Waals surface area contributed by atoms with Crippen molar-refractivity contribution in [3.8, 4) is 11.1 Å². The van der Waals surface area contributed by atoms with Crippen LogP contribution >= 0.6 is 0 Å². The summed E-state index contributed by atoms with van der Waals surface area (Å²) in [6, 6.07) is 33.9. The van der Waals surface area contributed by atoms with Gasteiger partial charge in [0.05, 0.1) is 5.69 Å². The number of fused-ring (bicyclic) bond motifs is 4. The fourth-order valence-corrected chi connectivity index (χ4v) is 11.6. The molecule has 0 unspecified atom stereocenters. The van der Waals surface area contributed by atoms with E-state index in [-0.39, 0.29) is 21.7 Å². The van der Waals surface area contributed by atoms with Crippen LogP contribution in [-0.2, 0) is 21.7 Å². The quantitative estimate of drug-likeness (QED) is 0.220. The van der Waals surface area contributed by atoms with Crippen molar-refractivity contribution < 1.29 is 0 Å². The number of benzene rings is 4. The van der Waals surface area contributed by atoms with Gasteiger partial charge in [-0.25, -0.2) is 0 Å². The van der Waals surface area contributed by atoms with Crippen LogP contribution in [0.3, 0.4) is 0 Å². The summed E-state index contributed by atoms with van der Waals surface area (Å²) in [4.78, 5) is 2.62. The third kappa shape index (κ3) is 4.20. The number of rotatable bonds is 3. The Labute approximate surface area is 283 Å². The Balaban J connectivity index is 1.29. The molecule has 0 amide bonds. The van der Waals surface area contributed by atoms with E-state index in [0.717, 1.165) is 23.7 Å². The Morgan fingerprint density at radius 1 is 0.574 bits per heavy atom. The molecule has 6 aliphatic rings. The van der Waals surface area contributed by atoms with Crippen molar-refractivity contribution >= 4 is 17.1 Å². The molecule has 10 rings (SSSR count). The molecular weight excluding hydrogens is 567 g/mol. The average Bonchev–Trinajstić information content (AvgIpc) is 3.33. The molecule has 4 fully saturated rings. The van der Waals surface area contributed by atoms with Crippen molar-refractivity contribution in [3.63, 3.8) is 0 Å². The Morgan fingerprint density at radius 2 is 1.17 bits per heavy atom. The van der Waals surface area contributed by atoms with Crippen LogP contribution in [0.5, 0.6) is 0 Å². The predicted molar refractivity (Wildman–Crippen MR) is 198 cm³/mol. The molecule has 47 heavy (non-hydrogen) atoms. The molecule has 1 heteroatoms. The zero-order valence-electron chi connectivity index (χ0n) is 29.8. The Bertz CT molecular complexity index is 1850. The van der Waals surface area contributed by atoms with E-state index >= 15 is 0 Å². The predicted octanol–water partition coefficient (Wildman–Crippen LogP) is 12.5. The van der Waals surface area contributed by atoms with Gasteiger partial charge in [-0.1, -0.05) is 103 Å². The third-order valence-electron chi connectivity index (χ3n) is 13.9. The van der Waals surface area contributed by atoms with E-state index < -0.39 is 0 Å². The second-order valence-corrected chi connectivity index (χ2v) is 18.5. The van der Waals surface area contributed by atoms with Gasteiger partial charge in [-0.3, -0.25) is 0 Å². The number of hydrogen-bond acceptors (Lipinski definition) is 1. The normalized spacial score (nSPS) is 29.0. The van der Waals surface area contributed by atoms with Gasteiger partial charge in [-0.15, -0.1) is 0 Å². The van der Waals surface area contributed by atoms with Gasteiger partial charge in [-0.05, 0) is 149 Å². The molecule has 0 atom stereocenters. The van der Waals surface area contributed by atoms with E-state index in [0.29, 0.717) is 0 Å². The molecule has 0 aliphatic heterocycles. The maximum Gasteiger partial charge on any atom is 0.0543 e. The first-order valence-electron chi connectivity index (χ1n) is 18.7. The molecular formula is C46H53N. The van der Waals surface area contributed by atoms with Crippen molar-refractivity contribution in [2.45, 2.75) is 115 Å². The lowest BCUT2D eigenvalue weighted by atomic mass is 9.43. The smallest absolute Gasteiger partial charge is 0.0543 e. The summed E-state index contributed by atoms with van der Waals surface area (Å²) in [6.07, 6.45) is 9.60. The van der Waals surface area contributed by atoms with Gasteiger partial charge < -0.3 is 4.90 Å². The summed E-state index contributed by atoms with van der Waals surface area (Å²) in [7, 11) is 0. The van der Waals surface area contributed by atoms with E-state index in [1.54, 1.807) is 11.1 Å². The zero-order valence-corrected chi connectivity index (χ0v) is 29.8. The minimum Gasteiger partial charge on any atom is -0.310 e. The first-order chi connectivity index (χ1) is 22.4. The molecule has 242 valence electrons. The van der Waals surface area contributed by atoms with E-state index in [1.807, 2.05) is 0 Å². The summed E-state index contributed by atoms with van der Waals surface area (Å²) in [5.74, 6) is 3.43. The molecule has 4 saturated carbocycles. The van der Waals surface area contributed by atoms with Crippen LogP contribution in [0, 0.1) is 23.7 Å². The molecule has 6 aliphatic carbocycles. The molecule has 0 heterocycles. The lowest BCUT2D eigenvalue weighted by Gasteiger charge is -2.61. The molecule has 0 saturated heterocycles. The van der Waals surface area contributed by atoms with Crippen molar-refractivity contribution in [1.29, 1.82) is 0 Å². The Morgan fingerprint density at radius 3 is 1.83 bits per heavy atom. The molecule has 4 aromatic carbocycles. The SMILES string of the molecule is CC(C)(C)c1ccc(N(c2ccc3c(c2)C(C)(C)CCC3(C)C)c2cccc3c2-c2ccccc2C32C3CC4CC(C3)CC2C4)cc1. The van der Waals surface area contributed by atoms with Gasteiger partial charge in [0.2, 0.25) is 0 Å². The summed E-state index contributed by atoms with van der Waals surface area (Å²) in [5.41, 5.74) is 15.2. The Kier molecular flexibility index (Phi) is 6.26. The highest BCUT2D eigenvalue weighted by Gasteiger charge is 2.61. The van der Waals surface area contributed by atoms with E-state index in [1.165, 1.54) is 89.8 Å². The van der Waals surface area contributed by atoms with Gasteiger partial charge in [-0.2, -0.15) is 0 Å². The number of nitrogens with zero attached hydrogens (tertiary/aromatic N) is 1. The van der Waals surface area contributed by atoms with Crippen molar-refractivity contribution in [3.05, 3.63) is 113 Å². The topological polar surface area (TPSA) is 3.24 Å². The summed E-state index contributed by atoms with van der Waals surface area (Å²) in [6.45, 7) is 16.7. The van der Waals surface area contributed by atoms with Crippen LogP contribution in [0.4, 0.5) is 17.1 Å². The minimum atomic E-state index is 0.115. The highest BCUT2D eigenvalue weighted by Crippen LogP contribution is 2.70. The largest absolute Gasteiger partial charge is 0.310 e. The zero-order chi connectivity index (χ0) is 32.5. The standard InChI is InChI=1S/C46H53N/c1-43(2,3)31-15-17-34(18-16-31)47(35-19-20-38-40(28-35)45(6,7)22-21-44(38,4)5)41-14-10-13-39-42(41)36-11-8-9-12-37(36)46(39)32-24-29-23-30(26-32)27-33(46)25-29/h8-20,28-30,32-33H,21-27H2,1-7H3. The van der Waals surface area contributed by atoms with E-state index in [2.05, 4.69) is 138 Å². The first-order valence-corrected chi connectivity index (χ1v) is 18.7.